The standard InChI is InChI=1S/C6H4O.C2H5.2ClH.Zr/c1-2-6-4-3-5(1)7-6;1-2;;;/h1-4H;1H2,2H3;2*1H;. The molecular formula is C8H11Cl2OZr. The Balaban J connectivity index is 0. The number of benzene rings is 1. The minimum Gasteiger partial charge on any atom is -0.457 e. The summed E-state index contributed by atoms with van der Waals surface area (Å²) in [6.07, 6.45) is 0. The second kappa shape index (κ2) is 8.10. The Hall–Kier alpha value is 0.483. The molecule has 0 atom stereocenters. The first-order chi connectivity index (χ1) is 4.86. The molecule has 0 fully saturated rings. The van der Waals surface area contributed by atoms with Gasteiger partial charge in [-0.15, -0.1) is 24.8 Å². The molecule has 2 aromatic rings. The van der Waals surface area contributed by atoms with Crippen LogP contribution < -0.4 is 0 Å². The van der Waals surface area contributed by atoms with E-state index >= 15 is 0 Å². The van der Waals surface area contributed by atoms with Gasteiger partial charge in [-0.25, -0.2) is 0 Å². The van der Waals surface area contributed by atoms with Gasteiger partial charge in [0, 0.05) is 0 Å². The SMILES string of the molecule is C[CH2][Zr].Cl.Cl.c1cc2ccc1o2. The molecule has 0 aliphatic carbocycles. The maximum atomic E-state index is 5.08. The van der Waals surface area contributed by atoms with Crippen molar-refractivity contribution in [1.29, 1.82) is 0 Å². The van der Waals surface area contributed by atoms with E-state index in [1.54, 1.807) is 24.7 Å². The Kier molecular flexibility index (Phi) is 10.1. The third kappa shape index (κ3) is 4.49. The average Bonchev–Trinajstić information content (AvgIpc) is 2.49. The van der Waals surface area contributed by atoms with Gasteiger partial charge < -0.3 is 4.42 Å². The summed E-state index contributed by atoms with van der Waals surface area (Å²) >= 11 is 1.64. The second-order valence-electron chi connectivity index (χ2n) is 1.93. The summed E-state index contributed by atoms with van der Waals surface area (Å²) in [4.78, 5) is 0. The molecule has 2 aromatic heterocycles. The fourth-order valence-corrected chi connectivity index (χ4v) is 0.712. The Morgan fingerprint density at radius 3 is 1.42 bits per heavy atom. The molecule has 0 radical (unpaired) electrons. The molecule has 4 heteroatoms. The third-order valence-corrected chi connectivity index (χ3v) is 1.06. The van der Waals surface area contributed by atoms with Crippen molar-refractivity contribution in [2.24, 2.45) is 0 Å². The summed E-state index contributed by atoms with van der Waals surface area (Å²) in [5.41, 5.74) is 1.94. The number of fused-ring (bicyclic) bond motifs is 2. The number of hydrogen-bond acceptors (Lipinski definition) is 1. The van der Waals surface area contributed by atoms with Gasteiger partial charge in [0.1, 0.15) is 11.2 Å². The molecule has 0 aliphatic rings. The first kappa shape index (κ1) is 15.0. The molecule has 0 saturated heterocycles. The zero-order valence-electron chi connectivity index (χ0n) is 6.74. The van der Waals surface area contributed by atoms with E-state index in [2.05, 4.69) is 6.92 Å². The number of halogens is 2. The van der Waals surface area contributed by atoms with Crippen LogP contribution in [0.4, 0.5) is 0 Å². The maximum absolute atomic E-state index is 5.08. The minimum atomic E-state index is 0. The molecule has 1 nitrogen and oxygen atoms in total. The molecule has 12 heavy (non-hydrogen) atoms. The van der Waals surface area contributed by atoms with Gasteiger partial charge in [-0.2, -0.15) is 0 Å². The van der Waals surface area contributed by atoms with E-state index in [9.17, 15) is 0 Å². The van der Waals surface area contributed by atoms with Crippen molar-refractivity contribution in [3.63, 3.8) is 0 Å². The first-order valence-corrected chi connectivity index (χ1v) is 5.03. The molecule has 0 amide bonds. The van der Waals surface area contributed by atoms with Crippen molar-refractivity contribution < 1.29 is 29.1 Å². The van der Waals surface area contributed by atoms with Crippen LogP contribution in [-0.4, -0.2) is 0 Å². The van der Waals surface area contributed by atoms with Crippen LogP contribution in [0.25, 0.3) is 11.2 Å². The Labute approximate surface area is 99.9 Å². The molecular weight excluding hydrogens is 274 g/mol. The molecule has 0 aromatic carbocycles. The molecule has 2 heterocycles. The molecule has 0 saturated carbocycles. The van der Waals surface area contributed by atoms with Crippen molar-refractivity contribution in [1.82, 2.24) is 0 Å². The Morgan fingerprint density at radius 1 is 1.08 bits per heavy atom. The van der Waals surface area contributed by atoms with Gasteiger partial charge in [0.2, 0.25) is 0 Å². The molecule has 67 valence electrons. The van der Waals surface area contributed by atoms with E-state index in [0.717, 1.165) is 11.2 Å². The van der Waals surface area contributed by atoms with Crippen LogP contribution in [0.3, 0.4) is 0 Å². The van der Waals surface area contributed by atoms with Crippen LogP contribution in [0.2, 0.25) is 4.13 Å². The molecule has 2 rings (SSSR count). The van der Waals surface area contributed by atoms with Gasteiger partial charge in [0.25, 0.3) is 0 Å². The molecule has 0 N–H and O–H groups in total. The summed E-state index contributed by atoms with van der Waals surface area (Å²) in [6.45, 7) is 2.16. The maximum Gasteiger partial charge on any atom is 0.127 e. The first-order valence-electron chi connectivity index (χ1n) is 3.29. The number of rotatable bonds is 0. The van der Waals surface area contributed by atoms with E-state index in [4.69, 9.17) is 4.42 Å². The molecule has 0 unspecified atom stereocenters. The van der Waals surface area contributed by atoms with Crippen LogP contribution in [0.15, 0.2) is 28.7 Å². The normalized spacial score (nSPS) is 7.67. The van der Waals surface area contributed by atoms with Crippen molar-refractivity contribution in [2.45, 2.75) is 11.1 Å². The number of furan rings is 2. The summed E-state index contributed by atoms with van der Waals surface area (Å²) in [7, 11) is 0. The van der Waals surface area contributed by atoms with Gasteiger partial charge in [0.15, 0.2) is 0 Å². The van der Waals surface area contributed by atoms with Crippen LogP contribution >= 0.6 is 24.8 Å². The zero-order valence-corrected chi connectivity index (χ0v) is 10.8. The molecule has 0 aliphatic heterocycles. The van der Waals surface area contributed by atoms with E-state index in [0.29, 0.717) is 0 Å². The van der Waals surface area contributed by atoms with Crippen molar-refractivity contribution in [3.05, 3.63) is 24.3 Å². The van der Waals surface area contributed by atoms with Crippen molar-refractivity contribution >= 4 is 36.0 Å². The third-order valence-electron chi connectivity index (χ3n) is 1.06. The quantitative estimate of drug-likeness (QED) is 0.719. The van der Waals surface area contributed by atoms with Crippen LogP contribution in [0.1, 0.15) is 6.92 Å². The van der Waals surface area contributed by atoms with Gasteiger partial charge in [-0.3, -0.25) is 0 Å². The summed E-state index contributed by atoms with van der Waals surface area (Å²) in [6, 6.07) is 7.81. The fraction of sp³-hybridized carbons (Fsp3) is 0.250. The predicted octanol–water partition coefficient (Wildman–Crippen LogP) is 3.69. The van der Waals surface area contributed by atoms with Crippen LogP contribution in [0.5, 0.6) is 0 Å². The predicted molar refractivity (Wildman–Crippen MR) is 52.4 cm³/mol. The van der Waals surface area contributed by atoms with Gasteiger partial charge >= 0.3 is 35.8 Å². The monoisotopic (exact) mass is 283 g/mol. The summed E-state index contributed by atoms with van der Waals surface area (Å²) in [5.74, 6) is 0. The summed E-state index contributed by atoms with van der Waals surface area (Å²) < 4.78 is 6.42. The molecule has 2 bridgehead atoms. The van der Waals surface area contributed by atoms with Crippen LogP contribution in [-0.2, 0) is 24.7 Å². The van der Waals surface area contributed by atoms with E-state index in [1.807, 2.05) is 24.3 Å². The van der Waals surface area contributed by atoms with Gasteiger partial charge in [-0.1, -0.05) is 0 Å². The zero-order chi connectivity index (χ0) is 7.40. The van der Waals surface area contributed by atoms with Crippen molar-refractivity contribution in [2.75, 3.05) is 0 Å². The molecule has 0 spiro atoms. The van der Waals surface area contributed by atoms with E-state index in [1.165, 1.54) is 4.13 Å². The topological polar surface area (TPSA) is 13.1 Å². The van der Waals surface area contributed by atoms with Crippen LogP contribution in [0, 0.1) is 0 Å². The number of hydrogen-bond donors (Lipinski definition) is 0. The Morgan fingerprint density at radius 2 is 1.33 bits per heavy atom. The second-order valence-corrected chi connectivity index (χ2v) is 3.67. The Bertz CT molecular complexity index is 226. The van der Waals surface area contributed by atoms with E-state index in [-0.39, 0.29) is 24.8 Å². The van der Waals surface area contributed by atoms with Gasteiger partial charge in [-0.05, 0) is 24.3 Å². The minimum absolute atomic E-state index is 0. The van der Waals surface area contributed by atoms with E-state index < -0.39 is 0 Å². The smallest absolute Gasteiger partial charge is 0.127 e. The largest absolute Gasteiger partial charge is 0.457 e. The van der Waals surface area contributed by atoms with Gasteiger partial charge in [0.05, 0.1) is 0 Å². The average molecular weight is 285 g/mol. The summed E-state index contributed by atoms with van der Waals surface area (Å²) in [5, 5.41) is 0. The van der Waals surface area contributed by atoms with Crippen molar-refractivity contribution in [3.8, 4) is 0 Å². The fourth-order valence-electron chi connectivity index (χ4n) is 0.712.